The summed E-state index contributed by atoms with van der Waals surface area (Å²) >= 11 is 0. The van der Waals surface area contributed by atoms with Gasteiger partial charge in [0.25, 0.3) is 0 Å². The SMILES string of the molecule is CC[C@H](C)[C@H](OCc1ccccc1)[C@H]1[C@H]([N+](=O)[O-])[C@H](c2ccccc2)N[C@@H]1C(=O)NCCCC(=O)O. The third kappa shape index (κ3) is 6.89. The number of rotatable bonds is 13. The van der Waals surface area contributed by atoms with Crippen LogP contribution < -0.4 is 10.6 Å². The van der Waals surface area contributed by atoms with Crippen LogP contribution in [0.5, 0.6) is 0 Å². The number of hydrogen-bond acceptors (Lipinski definition) is 6. The van der Waals surface area contributed by atoms with Crippen molar-refractivity contribution in [3.05, 3.63) is 81.9 Å². The van der Waals surface area contributed by atoms with E-state index in [-0.39, 0.29) is 42.7 Å². The standard InChI is InChI=1S/C27H35N3O6/c1-3-18(2)26(36-17-19-11-6-4-7-12-19)22-24(27(33)28-16-10-15-21(31)32)29-23(25(22)30(34)35)20-13-8-5-9-14-20/h4-9,11-14,18,22-26,29H,3,10,15-17H2,1-2H3,(H,28,33)(H,31,32)/t18-,22+,23-,24-,25-,26-/m0/s1. The highest BCUT2D eigenvalue weighted by Crippen LogP contribution is 2.39. The average Bonchev–Trinajstić information content (AvgIpc) is 3.28. The maximum absolute atomic E-state index is 13.3. The maximum Gasteiger partial charge on any atom is 0.303 e. The molecule has 1 saturated heterocycles. The first-order chi connectivity index (χ1) is 17.3. The van der Waals surface area contributed by atoms with Crippen LogP contribution >= 0.6 is 0 Å². The Morgan fingerprint density at radius 3 is 2.36 bits per heavy atom. The van der Waals surface area contributed by atoms with Crippen LogP contribution in [-0.2, 0) is 20.9 Å². The molecule has 194 valence electrons. The average molecular weight is 498 g/mol. The van der Waals surface area contributed by atoms with Crippen LogP contribution in [0.2, 0.25) is 0 Å². The second-order valence-electron chi connectivity index (χ2n) is 9.32. The van der Waals surface area contributed by atoms with Crippen molar-refractivity contribution >= 4 is 11.9 Å². The minimum atomic E-state index is -1.09. The number of ether oxygens (including phenoxy) is 1. The molecule has 2 aromatic rings. The van der Waals surface area contributed by atoms with Gasteiger partial charge in [-0.2, -0.15) is 0 Å². The van der Waals surface area contributed by atoms with Crippen LogP contribution in [-0.4, -0.2) is 46.6 Å². The third-order valence-electron chi connectivity index (χ3n) is 6.90. The van der Waals surface area contributed by atoms with Crippen LogP contribution in [0, 0.1) is 22.0 Å². The summed E-state index contributed by atoms with van der Waals surface area (Å²) in [7, 11) is 0. The number of carboxylic acids is 1. The molecule has 3 rings (SSSR count). The van der Waals surface area contributed by atoms with Crippen molar-refractivity contribution in [1.82, 2.24) is 10.6 Å². The van der Waals surface area contributed by atoms with Crippen molar-refractivity contribution in [3.63, 3.8) is 0 Å². The van der Waals surface area contributed by atoms with Crippen LogP contribution in [0.15, 0.2) is 60.7 Å². The van der Waals surface area contributed by atoms with Crippen molar-refractivity contribution in [2.75, 3.05) is 6.54 Å². The summed E-state index contributed by atoms with van der Waals surface area (Å²) in [5.74, 6) is -2.10. The molecule has 0 spiro atoms. The van der Waals surface area contributed by atoms with Crippen molar-refractivity contribution < 1.29 is 24.4 Å². The maximum atomic E-state index is 13.3. The zero-order valence-corrected chi connectivity index (χ0v) is 20.7. The highest BCUT2D eigenvalue weighted by atomic mass is 16.6. The fraction of sp³-hybridized carbons (Fsp3) is 0.481. The fourth-order valence-electron chi connectivity index (χ4n) is 4.89. The Morgan fingerprint density at radius 1 is 1.14 bits per heavy atom. The Bertz CT molecular complexity index is 1000. The monoisotopic (exact) mass is 497 g/mol. The largest absolute Gasteiger partial charge is 0.481 e. The van der Waals surface area contributed by atoms with E-state index in [0.717, 1.165) is 17.5 Å². The molecular weight excluding hydrogens is 462 g/mol. The van der Waals surface area contributed by atoms with Gasteiger partial charge >= 0.3 is 5.97 Å². The number of carbonyl (C=O) groups is 2. The minimum absolute atomic E-state index is 0.0419. The molecule has 0 saturated carbocycles. The molecule has 9 heteroatoms. The molecule has 1 aliphatic rings. The van der Waals surface area contributed by atoms with Gasteiger partial charge in [-0.15, -0.1) is 0 Å². The van der Waals surface area contributed by atoms with Gasteiger partial charge in [-0.25, -0.2) is 0 Å². The molecule has 0 unspecified atom stereocenters. The molecule has 1 heterocycles. The number of amides is 1. The number of nitrogens with one attached hydrogen (secondary N) is 2. The number of aliphatic carboxylic acids is 1. The summed E-state index contributed by atoms with van der Waals surface area (Å²) in [5, 5.41) is 27.4. The summed E-state index contributed by atoms with van der Waals surface area (Å²) in [5.41, 5.74) is 1.68. The Hall–Kier alpha value is -3.30. The summed E-state index contributed by atoms with van der Waals surface area (Å²) in [4.78, 5) is 36.4. The zero-order valence-electron chi connectivity index (χ0n) is 20.7. The normalized spacial score (nSPS) is 23.1. The number of carbonyl (C=O) groups excluding carboxylic acids is 1. The second-order valence-corrected chi connectivity index (χ2v) is 9.32. The summed E-state index contributed by atoms with van der Waals surface area (Å²) < 4.78 is 6.36. The summed E-state index contributed by atoms with van der Waals surface area (Å²) in [6, 6.07) is 16.1. The Balaban J connectivity index is 1.93. The van der Waals surface area contributed by atoms with E-state index in [9.17, 15) is 19.7 Å². The summed E-state index contributed by atoms with van der Waals surface area (Å²) in [6.07, 6.45) is 0.380. The van der Waals surface area contributed by atoms with Crippen LogP contribution in [0.1, 0.15) is 50.3 Å². The first kappa shape index (κ1) is 27.3. The minimum Gasteiger partial charge on any atom is -0.481 e. The van der Waals surface area contributed by atoms with Crippen molar-refractivity contribution in [3.8, 4) is 0 Å². The summed E-state index contributed by atoms with van der Waals surface area (Å²) in [6.45, 7) is 4.45. The molecule has 6 atom stereocenters. The molecule has 2 aromatic carbocycles. The number of hydrogen-bond donors (Lipinski definition) is 3. The molecular formula is C27H35N3O6. The smallest absolute Gasteiger partial charge is 0.303 e. The van der Waals surface area contributed by atoms with Gasteiger partial charge in [0.15, 0.2) is 0 Å². The van der Waals surface area contributed by atoms with E-state index in [1.165, 1.54) is 0 Å². The molecule has 9 nitrogen and oxygen atoms in total. The van der Waals surface area contributed by atoms with Crippen LogP contribution in [0.3, 0.4) is 0 Å². The Labute approximate surface area is 211 Å². The number of carboxylic acid groups (broad SMARTS) is 1. The molecule has 36 heavy (non-hydrogen) atoms. The zero-order chi connectivity index (χ0) is 26.1. The van der Waals surface area contributed by atoms with Gasteiger partial charge in [0.1, 0.15) is 6.04 Å². The molecule has 0 bridgehead atoms. The Morgan fingerprint density at radius 2 is 1.78 bits per heavy atom. The van der Waals surface area contributed by atoms with Gasteiger partial charge in [0.2, 0.25) is 11.9 Å². The van der Waals surface area contributed by atoms with Gasteiger partial charge < -0.3 is 15.2 Å². The predicted molar refractivity (Wildman–Crippen MR) is 135 cm³/mol. The third-order valence-corrected chi connectivity index (χ3v) is 6.90. The van der Waals surface area contributed by atoms with Crippen molar-refractivity contribution in [2.24, 2.45) is 11.8 Å². The van der Waals surface area contributed by atoms with E-state index >= 15 is 0 Å². The lowest BCUT2D eigenvalue weighted by molar-refractivity contribution is -0.535. The topological polar surface area (TPSA) is 131 Å². The van der Waals surface area contributed by atoms with Gasteiger partial charge in [0, 0.05) is 17.9 Å². The molecule has 0 aromatic heterocycles. The van der Waals surface area contributed by atoms with Crippen LogP contribution in [0.25, 0.3) is 0 Å². The molecule has 1 amide bonds. The first-order valence-corrected chi connectivity index (χ1v) is 12.4. The van der Waals surface area contributed by atoms with Crippen molar-refractivity contribution in [1.29, 1.82) is 0 Å². The number of benzene rings is 2. The molecule has 0 radical (unpaired) electrons. The van der Waals surface area contributed by atoms with Crippen LogP contribution in [0.4, 0.5) is 0 Å². The van der Waals surface area contributed by atoms with E-state index < -0.39 is 36.1 Å². The molecule has 0 aliphatic carbocycles. The highest BCUT2D eigenvalue weighted by molar-refractivity contribution is 5.83. The van der Waals surface area contributed by atoms with Gasteiger partial charge in [-0.3, -0.25) is 25.0 Å². The first-order valence-electron chi connectivity index (χ1n) is 12.4. The van der Waals surface area contributed by atoms with E-state index in [0.29, 0.717) is 0 Å². The van der Waals surface area contributed by atoms with Gasteiger partial charge in [0.05, 0.1) is 24.7 Å². The number of nitrogens with zero attached hydrogens (tertiary/aromatic N) is 1. The lowest BCUT2D eigenvalue weighted by Gasteiger charge is -2.32. The van der Waals surface area contributed by atoms with Crippen molar-refractivity contribution in [2.45, 2.75) is 63.9 Å². The highest BCUT2D eigenvalue weighted by Gasteiger charge is 2.57. The van der Waals surface area contributed by atoms with E-state index in [1.807, 2.05) is 74.5 Å². The predicted octanol–water partition coefficient (Wildman–Crippen LogP) is 3.57. The van der Waals surface area contributed by atoms with E-state index in [4.69, 9.17) is 9.84 Å². The van der Waals surface area contributed by atoms with Gasteiger partial charge in [-0.05, 0) is 23.5 Å². The van der Waals surface area contributed by atoms with E-state index in [2.05, 4.69) is 10.6 Å². The Kier molecular flexibility index (Phi) is 9.95. The number of nitro groups is 1. The lowest BCUT2D eigenvalue weighted by atomic mass is 9.80. The second kappa shape index (κ2) is 13.1. The fourth-order valence-corrected chi connectivity index (χ4v) is 4.89. The van der Waals surface area contributed by atoms with Gasteiger partial charge in [-0.1, -0.05) is 80.9 Å². The molecule has 1 fully saturated rings. The quantitative estimate of drug-likeness (QED) is 0.219. The molecule has 3 N–H and O–H groups in total. The lowest BCUT2D eigenvalue weighted by Crippen LogP contribution is -2.51. The molecule has 1 aliphatic heterocycles. The van der Waals surface area contributed by atoms with E-state index in [1.54, 1.807) is 0 Å².